The lowest BCUT2D eigenvalue weighted by Gasteiger charge is -2.20. The number of ether oxygens (including phenoxy) is 2. The van der Waals surface area contributed by atoms with Crippen molar-refractivity contribution >= 4 is 11.7 Å². The first-order valence-electron chi connectivity index (χ1n) is 9.52. The molecule has 0 unspecified atom stereocenters. The van der Waals surface area contributed by atoms with Gasteiger partial charge in [-0.15, -0.1) is 0 Å². The highest BCUT2D eigenvalue weighted by Gasteiger charge is 2.16. The Morgan fingerprint density at radius 1 is 1.00 bits per heavy atom. The predicted octanol–water partition coefficient (Wildman–Crippen LogP) is 5.03. The third-order valence-corrected chi connectivity index (χ3v) is 4.75. The SMILES string of the molecule is CC(C)c1cccc(C(C)C)c1NC(=O)NCCc1ccc2c(c1)OCO2. The van der Waals surface area contributed by atoms with Gasteiger partial charge in [0.2, 0.25) is 6.79 Å². The molecule has 3 rings (SSSR count). The first-order valence-corrected chi connectivity index (χ1v) is 9.52. The summed E-state index contributed by atoms with van der Waals surface area (Å²) in [6, 6.07) is 11.9. The zero-order valence-corrected chi connectivity index (χ0v) is 16.5. The number of nitrogens with one attached hydrogen (secondary N) is 2. The van der Waals surface area contributed by atoms with Crippen LogP contribution in [0.15, 0.2) is 36.4 Å². The van der Waals surface area contributed by atoms with Crippen molar-refractivity contribution in [1.29, 1.82) is 0 Å². The highest BCUT2D eigenvalue weighted by atomic mass is 16.7. The van der Waals surface area contributed by atoms with Crippen molar-refractivity contribution in [2.24, 2.45) is 0 Å². The molecule has 1 heterocycles. The number of carbonyl (C=O) groups is 1. The number of hydrogen-bond acceptors (Lipinski definition) is 3. The Balaban J connectivity index is 1.61. The molecule has 2 aromatic carbocycles. The van der Waals surface area contributed by atoms with Gasteiger partial charge in [0.1, 0.15) is 0 Å². The molecule has 27 heavy (non-hydrogen) atoms. The van der Waals surface area contributed by atoms with Gasteiger partial charge in [-0.25, -0.2) is 4.79 Å². The maximum Gasteiger partial charge on any atom is 0.319 e. The average molecular weight is 368 g/mol. The molecule has 5 nitrogen and oxygen atoms in total. The molecule has 0 saturated heterocycles. The minimum absolute atomic E-state index is 0.175. The van der Waals surface area contributed by atoms with Gasteiger partial charge in [0.15, 0.2) is 11.5 Å². The molecule has 0 atom stereocenters. The smallest absolute Gasteiger partial charge is 0.319 e. The molecule has 2 aromatic rings. The molecule has 0 aromatic heterocycles. The van der Waals surface area contributed by atoms with Crippen LogP contribution in [0.4, 0.5) is 10.5 Å². The summed E-state index contributed by atoms with van der Waals surface area (Å²) in [7, 11) is 0. The summed E-state index contributed by atoms with van der Waals surface area (Å²) >= 11 is 0. The van der Waals surface area contributed by atoms with Crippen LogP contribution in [0.2, 0.25) is 0 Å². The molecule has 0 aliphatic carbocycles. The molecule has 2 N–H and O–H groups in total. The van der Waals surface area contributed by atoms with Gasteiger partial charge in [0.05, 0.1) is 0 Å². The van der Waals surface area contributed by atoms with E-state index in [9.17, 15) is 4.79 Å². The average Bonchev–Trinajstić information content (AvgIpc) is 3.09. The molecule has 0 fully saturated rings. The van der Waals surface area contributed by atoms with E-state index in [2.05, 4.69) is 56.5 Å². The third kappa shape index (κ3) is 4.54. The van der Waals surface area contributed by atoms with Crippen LogP contribution in [0.5, 0.6) is 11.5 Å². The van der Waals surface area contributed by atoms with Crippen LogP contribution in [0, 0.1) is 0 Å². The van der Waals surface area contributed by atoms with E-state index < -0.39 is 0 Å². The van der Waals surface area contributed by atoms with E-state index >= 15 is 0 Å². The lowest BCUT2D eigenvalue weighted by molar-refractivity contribution is 0.174. The lowest BCUT2D eigenvalue weighted by Crippen LogP contribution is -2.31. The van der Waals surface area contributed by atoms with Crippen molar-refractivity contribution in [3.8, 4) is 11.5 Å². The zero-order chi connectivity index (χ0) is 19.4. The van der Waals surface area contributed by atoms with Gasteiger partial charge < -0.3 is 20.1 Å². The van der Waals surface area contributed by atoms with Crippen molar-refractivity contribution in [2.45, 2.75) is 46.0 Å². The first-order chi connectivity index (χ1) is 13.0. The highest BCUT2D eigenvalue weighted by Crippen LogP contribution is 2.33. The van der Waals surface area contributed by atoms with Crippen LogP contribution in [-0.2, 0) is 6.42 Å². The Bertz CT molecular complexity index is 789. The van der Waals surface area contributed by atoms with Gasteiger partial charge >= 0.3 is 6.03 Å². The number of rotatable bonds is 6. The third-order valence-electron chi connectivity index (χ3n) is 4.75. The molecule has 0 bridgehead atoms. The van der Waals surface area contributed by atoms with Gasteiger partial charge in [-0.2, -0.15) is 0 Å². The van der Waals surface area contributed by atoms with Crippen LogP contribution in [0.3, 0.4) is 0 Å². The quantitative estimate of drug-likeness (QED) is 0.752. The van der Waals surface area contributed by atoms with Crippen molar-refractivity contribution in [2.75, 3.05) is 18.7 Å². The van der Waals surface area contributed by atoms with Crippen LogP contribution >= 0.6 is 0 Å². The second-order valence-electron chi connectivity index (χ2n) is 7.44. The zero-order valence-electron chi connectivity index (χ0n) is 16.5. The van der Waals surface area contributed by atoms with E-state index in [-0.39, 0.29) is 12.8 Å². The van der Waals surface area contributed by atoms with Crippen LogP contribution in [0.25, 0.3) is 0 Å². The molecule has 0 spiro atoms. The Kier molecular flexibility index (Phi) is 5.89. The summed E-state index contributed by atoms with van der Waals surface area (Å²) in [5.74, 6) is 2.22. The van der Waals surface area contributed by atoms with Crippen LogP contribution < -0.4 is 20.1 Å². The highest BCUT2D eigenvalue weighted by molar-refractivity contribution is 5.91. The second kappa shape index (κ2) is 8.33. The van der Waals surface area contributed by atoms with Crippen molar-refractivity contribution in [3.63, 3.8) is 0 Å². The summed E-state index contributed by atoms with van der Waals surface area (Å²) < 4.78 is 10.7. The van der Waals surface area contributed by atoms with Crippen molar-refractivity contribution in [3.05, 3.63) is 53.1 Å². The Hall–Kier alpha value is -2.69. The number of amides is 2. The van der Waals surface area contributed by atoms with E-state index in [1.54, 1.807) is 0 Å². The first kappa shape index (κ1) is 19.1. The summed E-state index contributed by atoms with van der Waals surface area (Å²) in [4.78, 5) is 12.5. The van der Waals surface area contributed by atoms with Crippen LogP contribution in [-0.4, -0.2) is 19.4 Å². The van der Waals surface area contributed by atoms with E-state index in [1.165, 1.54) is 0 Å². The normalized spacial score (nSPS) is 12.5. The number of carbonyl (C=O) groups excluding carboxylic acids is 1. The molecule has 0 radical (unpaired) electrons. The van der Waals surface area contributed by atoms with Crippen molar-refractivity contribution in [1.82, 2.24) is 5.32 Å². The largest absolute Gasteiger partial charge is 0.454 e. The minimum Gasteiger partial charge on any atom is -0.454 e. The van der Waals surface area contributed by atoms with Crippen molar-refractivity contribution < 1.29 is 14.3 Å². The Labute approximate surface area is 161 Å². The number of fused-ring (bicyclic) bond motifs is 1. The van der Waals surface area contributed by atoms with E-state index in [0.717, 1.165) is 40.3 Å². The van der Waals surface area contributed by atoms with Gasteiger partial charge in [-0.3, -0.25) is 0 Å². The molecule has 2 amide bonds. The van der Waals surface area contributed by atoms with Crippen LogP contribution in [0.1, 0.15) is 56.2 Å². The van der Waals surface area contributed by atoms with Gasteiger partial charge in [0.25, 0.3) is 0 Å². The molecule has 144 valence electrons. The number of urea groups is 1. The number of hydrogen-bond donors (Lipinski definition) is 2. The van der Waals surface area contributed by atoms with Gasteiger partial charge in [-0.1, -0.05) is 52.0 Å². The molecule has 0 saturated carbocycles. The lowest BCUT2D eigenvalue weighted by atomic mass is 9.93. The molecule has 1 aliphatic rings. The summed E-state index contributed by atoms with van der Waals surface area (Å²) in [5.41, 5.74) is 4.35. The molecular weight excluding hydrogens is 340 g/mol. The maximum absolute atomic E-state index is 12.5. The standard InChI is InChI=1S/C22H28N2O3/c1-14(2)17-6-5-7-18(15(3)4)21(17)24-22(25)23-11-10-16-8-9-19-20(12-16)27-13-26-19/h5-9,12,14-15H,10-11,13H2,1-4H3,(H2,23,24,25). The number of anilines is 1. The summed E-state index contributed by atoms with van der Waals surface area (Å²) in [5, 5.41) is 6.03. The number of para-hydroxylation sites is 1. The number of benzene rings is 2. The topological polar surface area (TPSA) is 59.6 Å². The maximum atomic E-state index is 12.5. The fourth-order valence-electron chi connectivity index (χ4n) is 3.27. The second-order valence-corrected chi connectivity index (χ2v) is 7.44. The molecular formula is C22H28N2O3. The summed E-state index contributed by atoms with van der Waals surface area (Å²) in [6.07, 6.45) is 0.729. The monoisotopic (exact) mass is 368 g/mol. The van der Waals surface area contributed by atoms with Gasteiger partial charge in [0, 0.05) is 12.2 Å². The van der Waals surface area contributed by atoms with E-state index in [4.69, 9.17) is 9.47 Å². The Morgan fingerprint density at radius 2 is 1.67 bits per heavy atom. The Morgan fingerprint density at radius 3 is 2.33 bits per heavy atom. The fraction of sp³-hybridized carbons (Fsp3) is 0.409. The van der Waals surface area contributed by atoms with Gasteiger partial charge in [-0.05, 0) is 47.1 Å². The molecule has 5 heteroatoms. The fourth-order valence-corrected chi connectivity index (χ4v) is 3.27. The van der Waals surface area contributed by atoms with E-state index in [1.807, 2.05) is 18.2 Å². The summed E-state index contributed by atoms with van der Waals surface area (Å²) in [6.45, 7) is 9.38. The molecule has 1 aliphatic heterocycles. The predicted molar refractivity (Wildman–Crippen MR) is 108 cm³/mol. The van der Waals surface area contributed by atoms with E-state index in [0.29, 0.717) is 18.4 Å². The minimum atomic E-state index is -0.175.